The van der Waals surface area contributed by atoms with Crippen molar-refractivity contribution in [3.63, 3.8) is 0 Å². The number of ether oxygens (including phenoxy) is 1. The van der Waals surface area contributed by atoms with E-state index in [0.29, 0.717) is 0 Å². The molecular formula is C9H19NO5S. The summed E-state index contributed by atoms with van der Waals surface area (Å²) in [5, 5.41) is 8.69. The number of aliphatic carboxylic acids is 1. The normalized spacial score (nSPS) is 14.0. The third kappa shape index (κ3) is 6.76. The summed E-state index contributed by atoms with van der Waals surface area (Å²) in [6.07, 6.45) is 0.163. The van der Waals surface area contributed by atoms with Crippen LogP contribution in [0.1, 0.15) is 27.2 Å². The first kappa shape index (κ1) is 15.3. The van der Waals surface area contributed by atoms with Crippen LogP contribution in [0.2, 0.25) is 0 Å². The van der Waals surface area contributed by atoms with E-state index in [9.17, 15) is 13.2 Å². The summed E-state index contributed by atoms with van der Waals surface area (Å²) in [4.78, 5) is 10.6. The molecule has 2 N–H and O–H groups in total. The molecule has 0 bridgehead atoms. The average molecular weight is 253 g/mol. The molecule has 16 heavy (non-hydrogen) atoms. The van der Waals surface area contributed by atoms with Gasteiger partial charge in [-0.25, -0.2) is 13.1 Å². The van der Waals surface area contributed by atoms with Gasteiger partial charge in [-0.05, 0) is 20.3 Å². The first-order chi connectivity index (χ1) is 7.28. The quantitative estimate of drug-likeness (QED) is 0.644. The fourth-order valence-corrected chi connectivity index (χ4v) is 2.11. The molecule has 7 heteroatoms. The van der Waals surface area contributed by atoms with E-state index in [2.05, 4.69) is 4.72 Å². The fraction of sp³-hybridized carbons (Fsp3) is 0.889. The Morgan fingerprint density at radius 2 is 2.00 bits per heavy atom. The molecular weight excluding hydrogens is 234 g/mol. The van der Waals surface area contributed by atoms with Gasteiger partial charge in [-0.1, -0.05) is 6.92 Å². The van der Waals surface area contributed by atoms with Gasteiger partial charge >= 0.3 is 5.97 Å². The third-order valence-corrected chi connectivity index (χ3v) is 3.18. The highest BCUT2D eigenvalue weighted by molar-refractivity contribution is 7.89. The highest BCUT2D eigenvalue weighted by atomic mass is 32.2. The molecule has 0 aliphatic carbocycles. The van der Waals surface area contributed by atoms with E-state index in [1.54, 1.807) is 20.8 Å². The standard InChI is InChI=1S/C9H19NO5S/c1-4-8(9(11)12)10-16(13,14)6-5-15-7(2)3/h7-8,10H,4-6H2,1-3H3,(H,11,12). The summed E-state index contributed by atoms with van der Waals surface area (Å²) in [5.41, 5.74) is 0. The molecule has 0 heterocycles. The van der Waals surface area contributed by atoms with Crippen molar-refractivity contribution in [1.82, 2.24) is 4.72 Å². The Balaban J connectivity index is 4.18. The lowest BCUT2D eigenvalue weighted by Crippen LogP contribution is -2.42. The van der Waals surface area contributed by atoms with Gasteiger partial charge in [0.25, 0.3) is 0 Å². The van der Waals surface area contributed by atoms with Crippen LogP contribution >= 0.6 is 0 Å². The van der Waals surface area contributed by atoms with E-state index in [1.165, 1.54) is 0 Å². The molecule has 0 aromatic heterocycles. The monoisotopic (exact) mass is 253 g/mol. The molecule has 0 radical (unpaired) electrons. The molecule has 0 aliphatic heterocycles. The van der Waals surface area contributed by atoms with Crippen LogP contribution in [0, 0.1) is 0 Å². The molecule has 0 aromatic rings. The summed E-state index contributed by atoms with van der Waals surface area (Å²) in [6, 6.07) is -1.07. The van der Waals surface area contributed by atoms with Gasteiger partial charge in [-0.2, -0.15) is 0 Å². The predicted octanol–water partition coefficient (Wildman–Crippen LogP) is 0.194. The largest absolute Gasteiger partial charge is 0.480 e. The number of hydrogen-bond donors (Lipinski definition) is 2. The first-order valence-electron chi connectivity index (χ1n) is 5.13. The maximum Gasteiger partial charge on any atom is 0.321 e. The van der Waals surface area contributed by atoms with Crippen molar-refractivity contribution in [1.29, 1.82) is 0 Å². The Labute approximate surface area is 96.0 Å². The van der Waals surface area contributed by atoms with Crippen LogP contribution in [0.4, 0.5) is 0 Å². The highest BCUT2D eigenvalue weighted by Gasteiger charge is 2.21. The Kier molecular flexibility index (Phi) is 6.54. The van der Waals surface area contributed by atoms with Crippen LogP contribution in [0.25, 0.3) is 0 Å². The number of hydrogen-bond acceptors (Lipinski definition) is 4. The average Bonchev–Trinajstić information content (AvgIpc) is 2.12. The first-order valence-corrected chi connectivity index (χ1v) is 6.78. The lowest BCUT2D eigenvalue weighted by molar-refractivity contribution is -0.139. The van der Waals surface area contributed by atoms with E-state index in [-0.39, 0.29) is 24.9 Å². The molecule has 0 spiro atoms. The van der Waals surface area contributed by atoms with Crippen molar-refractivity contribution in [3.8, 4) is 0 Å². The van der Waals surface area contributed by atoms with Gasteiger partial charge in [0.2, 0.25) is 10.0 Å². The van der Waals surface area contributed by atoms with E-state index in [4.69, 9.17) is 9.84 Å². The molecule has 0 amide bonds. The highest BCUT2D eigenvalue weighted by Crippen LogP contribution is 1.97. The van der Waals surface area contributed by atoms with Crippen molar-refractivity contribution in [3.05, 3.63) is 0 Å². The molecule has 0 saturated carbocycles. The van der Waals surface area contributed by atoms with Gasteiger partial charge in [0.15, 0.2) is 0 Å². The zero-order chi connectivity index (χ0) is 12.8. The van der Waals surface area contributed by atoms with E-state index in [0.717, 1.165) is 0 Å². The molecule has 0 rings (SSSR count). The summed E-state index contributed by atoms with van der Waals surface area (Å²) in [6.45, 7) is 5.26. The van der Waals surface area contributed by atoms with Crippen LogP contribution in [0.15, 0.2) is 0 Å². The van der Waals surface area contributed by atoms with Crippen LogP contribution < -0.4 is 4.72 Å². The van der Waals surface area contributed by atoms with Crippen LogP contribution in [-0.4, -0.2) is 44.0 Å². The molecule has 96 valence electrons. The van der Waals surface area contributed by atoms with E-state index in [1.807, 2.05) is 0 Å². The Hall–Kier alpha value is -0.660. The predicted molar refractivity (Wildman–Crippen MR) is 59.7 cm³/mol. The number of carboxylic acids is 1. The summed E-state index contributed by atoms with van der Waals surface area (Å²) >= 11 is 0. The second-order valence-corrected chi connectivity index (χ2v) is 5.53. The number of carboxylic acid groups (broad SMARTS) is 1. The van der Waals surface area contributed by atoms with E-state index < -0.39 is 22.0 Å². The minimum Gasteiger partial charge on any atom is -0.480 e. The Morgan fingerprint density at radius 1 is 1.44 bits per heavy atom. The van der Waals surface area contributed by atoms with Crippen LogP contribution in [0.3, 0.4) is 0 Å². The zero-order valence-corrected chi connectivity index (χ0v) is 10.6. The lowest BCUT2D eigenvalue weighted by atomic mass is 10.2. The van der Waals surface area contributed by atoms with Gasteiger partial charge in [-0.3, -0.25) is 4.79 Å². The molecule has 6 nitrogen and oxygen atoms in total. The van der Waals surface area contributed by atoms with Gasteiger partial charge in [0.1, 0.15) is 6.04 Å². The molecule has 0 aliphatic rings. The van der Waals surface area contributed by atoms with Gasteiger partial charge < -0.3 is 9.84 Å². The van der Waals surface area contributed by atoms with Gasteiger partial charge in [0, 0.05) is 0 Å². The molecule has 0 saturated heterocycles. The minimum absolute atomic E-state index is 0.0448. The number of rotatable bonds is 8. The smallest absolute Gasteiger partial charge is 0.321 e. The maximum atomic E-state index is 11.4. The molecule has 1 atom stereocenters. The zero-order valence-electron chi connectivity index (χ0n) is 9.76. The van der Waals surface area contributed by atoms with Gasteiger partial charge in [-0.15, -0.1) is 0 Å². The number of nitrogens with one attached hydrogen (secondary N) is 1. The minimum atomic E-state index is -3.59. The third-order valence-electron chi connectivity index (χ3n) is 1.83. The number of carbonyl (C=O) groups is 1. The van der Waals surface area contributed by atoms with Crippen molar-refractivity contribution in [2.75, 3.05) is 12.4 Å². The Bertz CT molecular complexity index is 312. The van der Waals surface area contributed by atoms with Crippen molar-refractivity contribution >= 4 is 16.0 Å². The second kappa shape index (κ2) is 6.82. The molecule has 1 unspecified atom stereocenters. The number of sulfonamides is 1. The summed E-state index contributed by atoms with van der Waals surface area (Å²) in [5.74, 6) is -1.40. The topological polar surface area (TPSA) is 92.7 Å². The molecule has 0 fully saturated rings. The maximum absolute atomic E-state index is 11.4. The lowest BCUT2D eigenvalue weighted by Gasteiger charge is -2.13. The summed E-state index contributed by atoms with van der Waals surface area (Å²) in [7, 11) is -3.59. The van der Waals surface area contributed by atoms with Crippen LogP contribution in [-0.2, 0) is 19.6 Å². The van der Waals surface area contributed by atoms with Crippen molar-refractivity contribution in [2.45, 2.75) is 39.3 Å². The van der Waals surface area contributed by atoms with E-state index >= 15 is 0 Å². The SMILES string of the molecule is CCC(NS(=O)(=O)CCOC(C)C)C(=O)O. The van der Waals surface area contributed by atoms with Crippen molar-refractivity contribution in [2.24, 2.45) is 0 Å². The second-order valence-electron chi connectivity index (χ2n) is 3.66. The van der Waals surface area contributed by atoms with Crippen molar-refractivity contribution < 1.29 is 23.1 Å². The summed E-state index contributed by atoms with van der Waals surface area (Å²) < 4.78 is 30.1. The van der Waals surface area contributed by atoms with Gasteiger partial charge in [0.05, 0.1) is 18.5 Å². The fourth-order valence-electron chi connectivity index (χ4n) is 0.978. The Morgan fingerprint density at radius 3 is 2.38 bits per heavy atom. The molecule has 0 aromatic carbocycles. The van der Waals surface area contributed by atoms with Crippen LogP contribution in [0.5, 0.6) is 0 Å².